The average Bonchev–Trinajstić information content (AvgIpc) is 3.31. The van der Waals surface area contributed by atoms with Crippen LogP contribution in [0.15, 0.2) is 42.4 Å². The molecule has 36 heavy (non-hydrogen) atoms. The molecule has 2 N–H and O–H groups in total. The number of allylic oxidation sites excluding steroid dienone is 1. The summed E-state index contributed by atoms with van der Waals surface area (Å²) in [5, 5.41) is 15.9. The van der Waals surface area contributed by atoms with Crippen molar-refractivity contribution in [1.82, 2.24) is 19.8 Å². The first-order valence-electron chi connectivity index (χ1n) is 12.0. The van der Waals surface area contributed by atoms with E-state index in [0.29, 0.717) is 75.4 Å². The quantitative estimate of drug-likeness (QED) is 0.305. The number of benzene rings is 1. The number of ether oxygens (including phenoxy) is 2. The molecule has 2 aliphatic heterocycles. The Morgan fingerprint density at radius 3 is 2.78 bits per heavy atom. The first-order chi connectivity index (χ1) is 17.6. The molecule has 0 aliphatic carbocycles. The van der Waals surface area contributed by atoms with Crippen LogP contribution in [0.5, 0.6) is 5.75 Å². The predicted molar refractivity (Wildman–Crippen MR) is 133 cm³/mol. The SMILES string of the molecule is CCOC(=O)CN1CCN(C(=O)CCCNc2nccc(/C(C#N)=C3\Nc4ccccc4O3)n2)CC1. The number of esters is 1. The Balaban J connectivity index is 1.23. The van der Waals surface area contributed by atoms with E-state index in [9.17, 15) is 14.9 Å². The molecule has 0 spiro atoms. The molecular formula is C25H29N7O4. The Labute approximate surface area is 209 Å². The zero-order chi connectivity index (χ0) is 25.3. The van der Waals surface area contributed by atoms with Gasteiger partial charge in [0.25, 0.3) is 0 Å². The number of nitrogens with one attached hydrogen (secondary N) is 2. The minimum Gasteiger partial charge on any atom is -0.465 e. The lowest BCUT2D eigenvalue weighted by Gasteiger charge is -2.34. The number of rotatable bonds is 9. The van der Waals surface area contributed by atoms with Crippen LogP contribution in [-0.2, 0) is 14.3 Å². The Morgan fingerprint density at radius 2 is 2.03 bits per heavy atom. The third-order valence-corrected chi connectivity index (χ3v) is 5.83. The summed E-state index contributed by atoms with van der Waals surface area (Å²) in [6.45, 7) is 5.45. The van der Waals surface area contributed by atoms with Gasteiger partial charge in [0.15, 0.2) is 5.75 Å². The Hall–Kier alpha value is -4.17. The summed E-state index contributed by atoms with van der Waals surface area (Å²) in [6.07, 6.45) is 2.58. The van der Waals surface area contributed by atoms with Crippen LogP contribution in [0, 0.1) is 11.3 Å². The third kappa shape index (κ3) is 6.28. The Bertz CT molecular complexity index is 1140. The maximum absolute atomic E-state index is 12.6. The molecule has 2 aliphatic rings. The van der Waals surface area contributed by atoms with E-state index in [0.717, 1.165) is 5.69 Å². The second-order valence-electron chi connectivity index (χ2n) is 8.30. The number of nitrogens with zero attached hydrogens (tertiary/aromatic N) is 5. The normalized spacial score (nSPS) is 16.3. The van der Waals surface area contributed by atoms with Crippen LogP contribution in [0.1, 0.15) is 25.5 Å². The molecule has 1 amide bonds. The number of nitriles is 1. The van der Waals surface area contributed by atoms with E-state index in [-0.39, 0.29) is 24.0 Å². The number of hydrogen-bond donors (Lipinski definition) is 2. The van der Waals surface area contributed by atoms with E-state index < -0.39 is 0 Å². The summed E-state index contributed by atoms with van der Waals surface area (Å²) in [5.74, 6) is 1.21. The number of piperazine rings is 1. The highest BCUT2D eigenvalue weighted by molar-refractivity contribution is 5.82. The molecule has 188 valence electrons. The summed E-state index contributed by atoms with van der Waals surface area (Å²) in [6, 6.07) is 11.2. The van der Waals surface area contributed by atoms with Crippen LogP contribution >= 0.6 is 0 Å². The van der Waals surface area contributed by atoms with Crippen molar-refractivity contribution in [1.29, 1.82) is 5.26 Å². The Kier molecular flexibility index (Phi) is 8.31. The van der Waals surface area contributed by atoms with Crippen LogP contribution in [0.2, 0.25) is 0 Å². The number of fused-ring (bicyclic) bond motifs is 1. The van der Waals surface area contributed by atoms with Gasteiger partial charge in [-0.3, -0.25) is 14.5 Å². The molecule has 1 fully saturated rings. The van der Waals surface area contributed by atoms with Gasteiger partial charge in [0.2, 0.25) is 17.7 Å². The lowest BCUT2D eigenvalue weighted by molar-refractivity contribution is -0.145. The van der Waals surface area contributed by atoms with E-state index in [2.05, 4.69) is 26.7 Å². The van der Waals surface area contributed by atoms with Gasteiger partial charge in [-0.05, 0) is 31.5 Å². The molecule has 0 saturated carbocycles. The summed E-state index contributed by atoms with van der Waals surface area (Å²) in [5.41, 5.74) is 1.49. The molecule has 2 aromatic rings. The summed E-state index contributed by atoms with van der Waals surface area (Å²) in [7, 11) is 0. The monoisotopic (exact) mass is 491 g/mol. The highest BCUT2D eigenvalue weighted by atomic mass is 16.5. The summed E-state index contributed by atoms with van der Waals surface area (Å²) >= 11 is 0. The van der Waals surface area contributed by atoms with E-state index in [1.54, 1.807) is 19.2 Å². The van der Waals surface area contributed by atoms with Crippen molar-refractivity contribution in [2.75, 3.05) is 56.5 Å². The van der Waals surface area contributed by atoms with Crippen LogP contribution in [-0.4, -0.2) is 77.5 Å². The molecule has 0 bridgehead atoms. The number of aromatic nitrogens is 2. The molecule has 0 unspecified atom stereocenters. The molecule has 1 saturated heterocycles. The van der Waals surface area contributed by atoms with Gasteiger partial charge in [-0.1, -0.05) is 12.1 Å². The molecule has 0 radical (unpaired) electrons. The van der Waals surface area contributed by atoms with Gasteiger partial charge < -0.3 is 25.0 Å². The minimum atomic E-state index is -0.232. The van der Waals surface area contributed by atoms with Crippen molar-refractivity contribution in [2.45, 2.75) is 19.8 Å². The van der Waals surface area contributed by atoms with Crippen molar-refractivity contribution < 1.29 is 19.1 Å². The maximum Gasteiger partial charge on any atom is 0.320 e. The summed E-state index contributed by atoms with van der Waals surface area (Å²) in [4.78, 5) is 36.7. The fourth-order valence-electron chi connectivity index (χ4n) is 3.98. The lowest BCUT2D eigenvalue weighted by Crippen LogP contribution is -2.50. The highest BCUT2D eigenvalue weighted by Crippen LogP contribution is 2.35. The number of amides is 1. The van der Waals surface area contributed by atoms with E-state index in [1.165, 1.54) is 0 Å². The first-order valence-corrected chi connectivity index (χ1v) is 12.0. The van der Waals surface area contributed by atoms with Gasteiger partial charge in [-0.2, -0.15) is 5.26 Å². The number of para-hydroxylation sites is 2. The molecule has 11 heteroatoms. The number of carbonyl (C=O) groups is 2. The van der Waals surface area contributed by atoms with Crippen molar-refractivity contribution >= 4 is 29.1 Å². The predicted octanol–water partition coefficient (Wildman–Crippen LogP) is 2.07. The third-order valence-electron chi connectivity index (χ3n) is 5.83. The van der Waals surface area contributed by atoms with E-state index >= 15 is 0 Å². The number of hydrogen-bond acceptors (Lipinski definition) is 10. The van der Waals surface area contributed by atoms with E-state index in [1.807, 2.05) is 34.1 Å². The van der Waals surface area contributed by atoms with Crippen molar-refractivity contribution in [3.05, 3.63) is 48.1 Å². The fraction of sp³-hybridized carbons (Fsp3) is 0.400. The largest absolute Gasteiger partial charge is 0.465 e. The van der Waals surface area contributed by atoms with Gasteiger partial charge in [0.1, 0.15) is 11.6 Å². The van der Waals surface area contributed by atoms with Crippen LogP contribution in [0.4, 0.5) is 11.6 Å². The summed E-state index contributed by atoms with van der Waals surface area (Å²) < 4.78 is 10.8. The van der Waals surface area contributed by atoms with Gasteiger partial charge in [-0.25, -0.2) is 9.97 Å². The molecule has 1 aromatic carbocycles. The van der Waals surface area contributed by atoms with Crippen LogP contribution in [0.25, 0.3) is 5.57 Å². The Morgan fingerprint density at radius 1 is 1.22 bits per heavy atom. The average molecular weight is 492 g/mol. The van der Waals surface area contributed by atoms with E-state index in [4.69, 9.17) is 9.47 Å². The molecule has 11 nitrogen and oxygen atoms in total. The van der Waals surface area contributed by atoms with Crippen LogP contribution < -0.4 is 15.4 Å². The lowest BCUT2D eigenvalue weighted by atomic mass is 10.2. The van der Waals surface area contributed by atoms with Gasteiger partial charge in [-0.15, -0.1) is 0 Å². The standard InChI is InChI=1S/C25H29N7O4/c1-2-35-23(34)17-31-12-14-32(15-13-31)22(33)8-5-10-27-25-28-11-9-19(30-25)18(16-26)24-29-20-6-3-4-7-21(20)36-24/h3-4,6-7,9,11,29H,2,5,8,10,12-15,17H2,1H3,(H,27,28,30)/b24-18+. The minimum absolute atomic E-state index is 0.0859. The van der Waals surface area contributed by atoms with Gasteiger partial charge in [0, 0.05) is 45.3 Å². The maximum atomic E-state index is 12.6. The molecule has 3 heterocycles. The second-order valence-corrected chi connectivity index (χ2v) is 8.30. The molecule has 4 rings (SSSR count). The van der Waals surface area contributed by atoms with Gasteiger partial charge >= 0.3 is 5.97 Å². The van der Waals surface area contributed by atoms with Crippen molar-refractivity contribution in [3.63, 3.8) is 0 Å². The first kappa shape index (κ1) is 24.9. The van der Waals surface area contributed by atoms with Crippen molar-refractivity contribution in [3.8, 4) is 11.8 Å². The highest BCUT2D eigenvalue weighted by Gasteiger charge is 2.23. The topological polar surface area (TPSA) is 133 Å². The zero-order valence-electron chi connectivity index (χ0n) is 20.2. The fourth-order valence-corrected chi connectivity index (χ4v) is 3.98. The molecule has 1 aromatic heterocycles. The molecular weight excluding hydrogens is 462 g/mol. The molecule has 0 atom stereocenters. The smallest absolute Gasteiger partial charge is 0.320 e. The number of anilines is 2. The van der Waals surface area contributed by atoms with Gasteiger partial charge in [0.05, 0.1) is 24.5 Å². The van der Waals surface area contributed by atoms with Crippen LogP contribution in [0.3, 0.4) is 0 Å². The zero-order valence-corrected chi connectivity index (χ0v) is 20.2. The van der Waals surface area contributed by atoms with Crippen molar-refractivity contribution in [2.24, 2.45) is 0 Å². The second kappa shape index (κ2) is 12.0. The number of carbonyl (C=O) groups excluding carboxylic acids is 2.